The predicted molar refractivity (Wildman–Crippen MR) is 100 cm³/mol. The van der Waals surface area contributed by atoms with Crippen LogP contribution in [-0.2, 0) is 9.63 Å². The Kier molecular flexibility index (Phi) is 5.82. The number of ether oxygens (including phenoxy) is 2. The first kappa shape index (κ1) is 18.6. The SMILES string of the molecule is CCON=NC(=O)c1ccsc1NC(=O)C1=Cc2cc(OC)ccc2OC1. The van der Waals surface area contributed by atoms with Crippen LogP contribution in [-0.4, -0.2) is 32.1 Å². The van der Waals surface area contributed by atoms with Crippen LogP contribution in [0.1, 0.15) is 22.8 Å². The monoisotopic (exact) mass is 387 g/mol. The molecule has 0 spiro atoms. The van der Waals surface area contributed by atoms with Gasteiger partial charge in [0.15, 0.2) is 0 Å². The Balaban J connectivity index is 1.76. The van der Waals surface area contributed by atoms with E-state index >= 15 is 0 Å². The molecule has 1 aliphatic heterocycles. The number of nitrogens with one attached hydrogen (secondary N) is 1. The Morgan fingerprint density at radius 2 is 2.19 bits per heavy atom. The van der Waals surface area contributed by atoms with E-state index in [1.807, 2.05) is 0 Å². The Morgan fingerprint density at radius 1 is 1.33 bits per heavy atom. The third kappa shape index (κ3) is 4.32. The lowest BCUT2D eigenvalue weighted by Crippen LogP contribution is -2.21. The van der Waals surface area contributed by atoms with Gasteiger partial charge in [-0.15, -0.1) is 11.3 Å². The summed E-state index contributed by atoms with van der Waals surface area (Å²) in [5.74, 6) is 0.391. The van der Waals surface area contributed by atoms with Crippen LogP contribution in [0.5, 0.6) is 11.5 Å². The minimum Gasteiger partial charge on any atom is -0.497 e. The molecular weight excluding hydrogens is 370 g/mol. The molecule has 1 aliphatic rings. The molecule has 1 N–H and O–H groups in total. The molecule has 2 aromatic rings. The number of methoxy groups -OCH3 is 1. The summed E-state index contributed by atoms with van der Waals surface area (Å²) in [7, 11) is 1.57. The van der Waals surface area contributed by atoms with Gasteiger partial charge in [-0.05, 0) is 42.6 Å². The maximum absolute atomic E-state index is 12.6. The van der Waals surface area contributed by atoms with Gasteiger partial charge in [0.2, 0.25) is 0 Å². The summed E-state index contributed by atoms with van der Waals surface area (Å²) in [6.45, 7) is 2.17. The lowest BCUT2D eigenvalue weighted by molar-refractivity contribution is -0.113. The van der Waals surface area contributed by atoms with Crippen molar-refractivity contribution in [2.24, 2.45) is 10.4 Å². The van der Waals surface area contributed by atoms with Gasteiger partial charge in [0.1, 0.15) is 29.7 Å². The number of rotatable bonds is 6. The van der Waals surface area contributed by atoms with Crippen LogP contribution in [0.25, 0.3) is 6.08 Å². The van der Waals surface area contributed by atoms with Crippen molar-refractivity contribution in [3.05, 3.63) is 46.3 Å². The fourth-order valence-electron chi connectivity index (χ4n) is 2.35. The minimum atomic E-state index is -0.594. The number of amides is 2. The molecule has 2 heterocycles. The number of thiophene rings is 1. The summed E-state index contributed by atoms with van der Waals surface area (Å²) in [6, 6.07) is 6.94. The lowest BCUT2D eigenvalue weighted by atomic mass is 10.1. The average Bonchev–Trinajstić information content (AvgIpc) is 3.15. The highest BCUT2D eigenvalue weighted by atomic mass is 32.1. The molecule has 9 heteroatoms. The van der Waals surface area contributed by atoms with Crippen LogP contribution in [0.3, 0.4) is 0 Å². The molecule has 0 bridgehead atoms. The molecule has 27 heavy (non-hydrogen) atoms. The van der Waals surface area contributed by atoms with Crippen LogP contribution in [0, 0.1) is 0 Å². The molecule has 1 aromatic heterocycles. The molecular formula is C18H17N3O5S. The number of hydrogen-bond acceptors (Lipinski definition) is 7. The topological polar surface area (TPSA) is 98.6 Å². The van der Waals surface area contributed by atoms with Crippen LogP contribution in [0.2, 0.25) is 0 Å². The molecule has 0 atom stereocenters. The van der Waals surface area contributed by atoms with Crippen LogP contribution in [0.15, 0.2) is 45.6 Å². The van der Waals surface area contributed by atoms with Crippen molar-refractivity contribution in [1.82, 2.24) is 0 Å². The first-order chi connectivity index (χ1) is 13.1. The molecule has 0 aliphatic carbocycles. The van der Waals surface area contributed by atoms with Gasteiger partial charge < -0.3 is 19.6 Å². The van der Waals surface area contributed by atoms with E-state index in [2.05, 4.69) is 20.5 Å². The fourth-order valence-corrected chi connectivity index (χ4v) is 3.12. The highest BCUT2D eigenvalue weighted by Crippen LogP contribution is 2.31. The Bertz CT molecular complexity index is 919. The first-order valence-corrected chi connectivity index (χ1v) is 8.98. The number of anilines is 1. The fraction of sp³-hybridized carbons (Fsp3) is 0.222. The van der Waals surface area contributed by atoms with Gasteiger partial charge in [0.05, 0.1) is 18.2 Å². The third-order valence-electron chi connectivity index (χ3n) is 3.66. The maximum Gasteiger partial charge on any atom is 0.301 e. The van der Waals surface area contributed by atoms with Gasteiger partial charge in [-0.25, -0.2) is 0 Å². The molecule has 140 valence electrons. The second kappa shape index (κ2) is 8.45. The quantitative estimate of drug-likeness (QED) is 0.602. The molecule has 0 radical (unpaired) electrons. The minimum absolute atomic E-state index is 0.129. The van der Waals surface area contributed by atoms with Crippen molar-refractivity contribution in [3.63, 3.8) is 0 Å². The zero-order chi connectivity index (χ0) is 19.2. The van der Waals surface area contributed by atoms with E-state index in [-0.39, 0.29) is 18.1 Å². The van der Waals surface area contributed by atoms with Gasteiger partial charge in [0.25, 0.3) is 5.91 Å². The molecule has 0 fully saturated rings. The van der Waals surface area contributed by atoms with Crippen LogP contribution >= 0.6 is 11.3 Å². The molecule has 2 amide bonds. The highest BCUT2D eigenvalue weighted by Gasteiger charge is 2.21. The number of hydrogen-bond donors (Lipinski definition) is 1. The predicted octanol–water partition coefficient (Wildman–Crippen LogP) is 3.72. The zero-order valence-electron chi connectivity index (χ0n) is 14.7. The Hall–Kier alpha value is -3.20. The van der Waals surface area contributed by atoms with E-state index in [9.17, 15) is 9.59 Å². The van der Waals surface area contributed by atoms with Crippen molar-refractivity contribution in [1.29, 1.82) is 0 Å². The second-order valence-corrected chi connectivity index (χ2v) is 6.30. The average molecular weight is 387 g/mol. The molecule has 0 saturated carbocycles. The van der Waals surface area contributed by atoms with Crippen molar-refractivity contribution in [3.8, 4) is 11.5 Å². The van der Waals surface area contributed by atoms with Gasteiger partial charge in [-0.3, -0.25) is 9.59 Å². The molecule has 3 rings (SSSR count). The summed E-state index contributed by atoms with van der Waals surface area (Å²) in [5, 5.41) is 11.6. The lowest BCUT2D eigenvalue weighted by Gasteiger charge is -2.18. The summed E-state index contributed by atoms with van der Waals surface area (Å²) < 4.78 is 10.8. The van der Waals surface area contributed by atoms with E-state index < -0.39 is 5.91 Å². The highest BCUT2D eigenvalue weighted by molar-refractivity contribution is 7.14. The molecule has 0 saturated heterocycles. The summed E-state index contributed by atoms with van der Waals surface area (Å²) in [4.78, 5) is 29.3. The normalized spacial score (nSPS) is 12.7. The Labute approximate surface area is 159 Å². The van der Waals surface area contributed by atoms with Crippen molar-refractivity contribution in [2.75, 3.05) is 25.6 Å². The van der Waals surface area contributed by atoms with Crippen molar-refractivity contribution >= 4 is 34.2 Å². The van der Waals surface area contributed by atoms with Gasteiger partial charge >= 0.3 is 5.91 Å². The number of fused-ring (bicyclic) bond motifs is 1. The molecule has 1 aromatic carbocycles. The third-order valence-corrected chi connectivity index (χ3v) is 4.49. The van der Waals surface area contributed by atoms with Crippen LogP contribution in [0.4, 0.5) is 5.00 Å². The second-order valence-electron chi connectivity index (χ2n) is 5.38. The number of carbonyl (C=O) groups excluding carboxylic acids is 2. The van der Waals surface area contributed by atoms with E-state index in [0.717, 1.165) is 5.56 Å². The summed E-state index contributed by atoms with van der Waals surface area (Å²) in [5.41, 5.74) is 1.42. The standard InChI is InChI=1S/C18H17N3O5S/c1-3-26-21-20-17(23)14-6-7-27-18(14)19-16(22)12-8-11-9-13(24-2)4-5-15(11)25-10-12/h4-9H,3,10H2,1-2H3,(H,19,22). The van der Waals surface area contributed by atoms with Crippen LogP contribution < -0.4 is 14.8 Å². The zero-order valence-corrected chi connectivity index (χ0v) is 15.5. The van der Waals surface area contributed by atoms with Gasteiger partial charge in [0, 0.05) is 10.8 Å². The van der Waals surface area contributed by atoms with E-state index in [1.165, 1.54) is 11.3 Å². The number of benzene rings is 1. The smallest absolute Gasteiger partial charge is 0.301 e. The van der Waals surface area contributed by atoms with Gasteiger partial charge in [-0.1, -0.05) is 5.11 Å². The van der Waals surface area contributed by atoms with Gasteiger partial charge in [-0.2, -0.15) is 0 Å². The Morgan fingerprint density at radius 3 is 2.96 bits per heavy atom. The van der Waals surface area contributed by atoms with Crippen molar-refractivity contribution in [2.45, 2.75) is 6.92 Å². The largest absolute Gasteiger partial charge is 0.497 e. The molecule has 0 unspecified atom stereocenters. The van der Waals surface area contributed by atoms with Crippen molar-refractivity contribution < 1.29 is 23.9 Å². The molecule has 8 nitrogen and oxygen atoms in total. The van der Waals surface area contributed by atoms with E-state index in [0.29, 0.717) is 28.7 Å². The number of carbonyl (C=O) groups is 2. The summed E-state index contributed by atoms with van der Waals surface area (Å²) in [6.07, 6.45) is 1.74. The van der Waals surface area contributed by atoms with E-state index in [4.69, 9.17) is 9.47 Å². The number of nitrogens with zero attached hydrogens (tertiary/aromatic N) is 2. The first-order valence-electron chi connectivity index (χ1n) is 8.10. The maximum atomic E-state index is 12.6. The van der Waals surface area contributed by atoms with E-state index in [1.54, 1.807) is 49.8 Å². The summed E-state index contributed by atoms with van der Waals surface area (Å²) >= 11 is 1.22.